The first-order chi connectivity index (χ1) is 31.4. The predicted molar refractivity (Wildman–Crippen MR) is 258 cm³/mol. The highest BCUT2D eigenvalue weighted by molar-refractivity contribution is 14.1. The molecular weight excluding hydrogens is 983 g/mol. The van der Waals surface area contributed by atoms with E-state index in [9.17, 15) is 37.5 Å². The lowest BCUT2D eigenvalue weighted by atomic mass is 9.81. The first-order valence-electron chi connectivity index (χ1n) is 23.0. The molecule has 1 saturated carbocycles. The number of alkyl halides is 4. The molecule has 352 valence electrons. The van der Waals surface area contributed by atoms with Crippen LogP contribution in [0.1, 0.15) is 139 Å². The number of imide groups is 1. The number of halogens is 4. The summed E-state index contributed by atoms with van der Waals surface area (Å²) >= 11 is 3.86. The monoisotopic (exact) mass is 1040 g/mol. The van der Waals surface area contributed by atoms with Crippen LogP contribution in [0.25, 0.3) is 10.2 Å². The van der Waals surface area contributed by atoms with E-state index in [0.29, 0.717) is 70.7 Å². The predicted octanol–water partition coefficient (Wildman–Crippen LogP) is 9.90. The van der Waals surface area contributed by atoms with Crippen molar-refractivity contribution in [1.29, 1.82) is 0 Å². The van der Waals surface area contributed by atoms with E-state index in [-0.39, 0.29) is 17.5 Å². The summed E-state index contributed by atoms with van der Waals surface area (Å²) in [6.45, 7) is 11.2. The van der Waals surface area contributed by atoms with Gasteiger partial charge in [-0.2, -0.15) is 13.2 Å². The Morgan fingerprint density at radius 3 is 2.33 bits per heavy atom. The van der Waals surface area contributed by atoms with E-state index in [1.54, 1.807) is 49.4 Å². The van der Waals surface area contributed by atoms with Gasteiger partial charge in [0.2, 0.25) is 5.91 Å². The van der Waals surface area contributed by atoms with Crippen LogP contribution in [0.2, 0.25) is 0 Å². The van der Waals surface area contributed by atoms with E-state index >= 15 is 0 Å². The average molecular weight is 1040 g/mol. The molecule has 2 aromatic carbocycles. The number of nitrogens with one attached hydrogen (secondary N) is 3. The van der Waals surface area contributed by atoms with Gasteiger partial charge >= 0.3 is 6.18 Å². The molecule has 0 radical (unpaired) electrons. The third kappa shape index (κ3) is 10.3. The number of carbonyl (C=O) groups excluding carboxylic acids is 4. The number of aromatic nitrogens is 2. The van der Waals surface area contributed by atoms with Gasteiger partial charge in [0.25, 0.3) is 17.7 Å². The smallest absolute Gasteiger partial charge is 0.386 e. The van der Waals surface area contributed by atoms with Gasteiger partial charge in [-0.1, -0.05) is 48.6 Å². The number of likely N-dealkylation sites (tertiary alicyclic amines) is 1. The Kier molecular flexibility index (Phi) is 14.3. The zero-order valence-electron chi connectivity index (χ0n) is 37.7. The molecule has 1 unspecified atom stereocenters. The molecule has 17 heteroatoms. The molecule has 4 aromatic rings. The van der Waals surface area contributed by atoms with Crippen molar-refractivity contribution in [2.45, 2.75) is 109 Å². The second-order valence-corrected chi connectivity index (χ2v) is 20.9. The van der Waals surface area contributed by atoms with Gasteiger partial charge in [0.1, 0.15) is 17.4 Å². The Balaban J connectivity index is 0.804. The van der Waals surface area contributed by atoms with Gasteiger partial charge in [0, 0.05) is 46.1 Å². The minimum absolute atomic E-state index is 0.290. The largest absolute Gasteiger partial charge is 0.433 e. The first kappa shape index (κ1) is 48.0. The summed E-state index contributed by atoms with van der Waals surface area (Å²) < 4.78 is 41.5. The molecule has 2 aromatic heterocycles. The van der Waals surface area contributed by atoms with Crippen molar-refractivity contribution in [2.24, 2.45) is 17.8 Å². The van der Waals surface area contributed by atoms with E-state index < -0.39 is 41.2 Å². The maximum Gasteiger partial charge on any atom is 0.433 e. The number of rotatable bonds is 13. The highest BCUT2D eigenvalue weighted by Crippen LogP contribution is 2.42. The summed E-state index contributed by atoms with van der Waals surface area (Å²) in [7, 11) is 0. The number of piperidine rings is 2. The van der Waals surface area contributed by atoms with Crippen LogP contribution in [0.4, 0.5) is 24.5 Å². The molecule has 12 nitrogen and oxygen atoms in total. The standard InChI is InChI=1S/C49H57F3IN7O5S/c1-27(2)32(25-53)34-15-16-39(44(62)56-34)60-46(63)31-7-5-8-35(42(31)47(60)64)54-20-17-28-18-21-59(22-19-28)26-29-11-13-30(14-12-29)45-58-38-23-33(48(3,4)65)37(24-40(38)66-45)57-43(61)36-9-6-10-41(55-36)49(50,51)52/h5-10,23-24,27-30,39,54,65H,11-22,25-26H2,1-4H3,(H,56,62)(H,57,61)/b34-32+. The molecule has 1 aliphatic carbocycles. The number of thiazole rings is 1. The number of allylic oxidation sites excluding steroid dienone is 2. The highest BCUT2D eigenvalue weighted by atomic mass is 127. The normalized spacial score (nSPS) is 21.9. The van der Waals surface area contributed by atoms with E-state index in [1.165, 1.54) is 11.6 Å². The van der Waals surface area contributed by atoms with Crippen LogP contribution in [-0.4, -0.2) is 85.2 Å². The molecule has 3 fully saturated rings. The van der Waals surface area contributed by atoms with Crippen molar-refractivity contribution >= 4 is 79.1 Å². The Hall–Kier alpha value is -4.46. The fraction of sp³-hybridized carbons (Fsp3) is 0.510. The van der Waals surface area contributed by atoms with E-state index in [4.69, 9.17) is 4.98 Å². The minimum atomic E-state index is -4.69. The van der Waals surface area contributed by atoms with Gasteiger partial charge in [-0.3, -0.25) is 24.1 Å². The van der Waals surface area contributed by atoms with Crippen LogP contribution in [-0.2, 0) is 16.6 Å². The maximum absolute atomic E-state index is 13.8. The van der Waals surface area contributed by atoms with Crippen molar-refractivity contribution in [1.82, 2.24) is 25.1 Å². The average Bonchev–Trinajstić information content (AvgIpc) is 3.81. The van der Waals surface area contributed by atoms with Crippen LogP contribution < -0.4 is 16.0 Å². The number of anilines is 2. The number of benzene rings is 2. The molecule has 1 atom stereocenters. The molecule has 2 saturated heterocycles. The molecule has 66 heavy (non-hydrogen) atoms. The molecule has 0 spiro atoms. The van der Waals surface area contributed by atoms with Crippen LogP contribution in [0.3, 0.4) is 0 Å². The fourth-order valence-corrected chi connectivity index (χ4v) is 12.5. The SMILES string of the molecule is CC(C)/C(CI)=C1\CCC(N2C(=O)c3cccc(NCCC4CCN(CC5CCC(c6nc7cc(C(C)(C)O)c(NC(=O)c8cccc(C(F)(F)F)n8)cc7s6)CC5)CC4)c3C2=O)C(=O)N1. The number of hydrogen-bond acceptors (Lipinski definition) is 10. The second kappa shape index (κ2) is 19.6. The lowest BCUT2D eigenvalue weighted by molar-refractivity contribution is -0.141. The maximum atomic E-state index is 13.8. The third-order valence-corrected chi connectivity index (χ3v) is 15.7. The van der Waals surface area contributed by atoms with Crippen molar-refractivity contribution in [2.75, 3.05) is 41.2 Å². The zero-order valence-corrected chi connectivity index (χ0v) is 40.7. The van der Waals surface area contributed by atoms with Crippen LogP contribution >= 0.6 is 33.9 Å². The lowest BCUT2D eigenvalue weighted by Crippen LogP contribution is -2.52. The number of aliphatic hydroxyl groups is 1. The van der Waals surface area contributed by atoms with Gasteiger partial charge in [-0.15, -0.1) is 11.3 Å². The van der Waals surface area contributed by atoms with Gasteiger partial charge in [0.05, 0.1) is 32.0 Å². The summed E-state index contributed by atoms with van der Waals surface area (Å²) in [5.41, 5.74) is 1.92. The van der Waals surface area contributed by atoms with E-state index in [2.05, 4.69) is 62.3 Å². The molecule has 5 heterocycles. The third-order valence-electron chi connectivity index (χ3n) is 13.7. The van der Waals surface area contributed by atoms with Gasteiger partial charge in [-0.05, 0) is 144 Å². The molecule has 4 N–H and O–H groups in total. The van der Waals surface area contributed by atoms with Crippen molar-refractivity contribution < 1.29 is 37.5 Å². The Bertz CT molecular complexity index is 2540. The van der Waals surface area contributed by atoms with Gasteiger partial charge in [0.15, 0.2) is 0 Å². The van der Waals surface area contributed by atoms with Crippen molar-refractivity contribution in [3.63, 3.8) is 0 Å². The minimum Gasteiger partial charge on any atom is -0.386 e. The summed E-state index contributed by atoms with van der Waals surface area (Å²) in [6.07, 6.45) is 3.66. The number of carbonyl (C=O) groups is 4. The van der Waals surface area contributed by atoms with Crippen molar-refractivity contribution in [3.8, 4) is 0 Å². The number of nitrogens with zero attached hydrogens (tertiary/aromatic N) is 4. The number of fused-ring (bicyclic) bond motifs is 2. The first-order valence-corrected chi connectivity index (χ1v) is 25.3. The fourth-order valence-electron chi connectivity index (χ4n) is 10.0. The Morgan fingerprint density at radius 2 is 1.67 bits per heavy atom. The molecule has 4 amide bonds. The lowest BCUT2D eigenvalue weighted by Gasteiger charge is -2.36. The zero-order chi connectivity index (χ0) is 47.1. The van der Waals surface area contributed by atoms with Gasteiger partial charge < -0.3 is 26.0 Å². The summed E-state index contributed by atoms with van der Waals surface area (Å²) in [5, 5.41) is 21.2. The Labute approximate surface area is 400 Å². The quantitative estimate of drug-likeness (QED) is 0.0582. The summed E-state index contributed by atoms with van der Waals surface area (Å²) in [5.74, 6) is -0.220. The van der Waals surface area contributed by atoms with E-state index in [0.717, 1.165) is 101 Å². The molecule has 4 aliphatic rings. The topological polar surface area (TPSA) is 157 Å². The number of pyridine rings is 1. The van der Waals surface area contributed by atoms with Crippen LogP contribution in [0.15, 0.2) is 59.8 Å². The molecule has 3 aliphatic heterocycles. The summed E-state index contributed by atoms with van der Waals surface area (Å²) in [4.78, 5) is 66.0. The Morgan fingerprint density at radius 1 is 0.939 bits per heavy atom. The number of amides is 4. The second-order valence-electron chi connectivity index (χ2n) is 19.1. The van der Waals surface area contributed by atoms with Crippen LogP contribution in [0, 0.1) is 17.8 Å². The van der Waals surface area contributed by atoms with Gasteiger partial charge in [-0.25, -0.2) is 9.97 Å². The molecular formula is C49H57F3IN7O5S. The van der Waals surface area contributed by atoms with Crippen molar-refractivity contribution in [3.05, 3.63) is 92.9 Å². The molecule has 8 rings (SSSR count). The van der Waals surface area contributed by atoms with Crippen LogP contribution in [0.5, 0.6) is 0 Å². The molecule has 0 bridgehead atoms. The highest BCUT2D eigenvalue weighted by Gasteiger charge is 2.45. The van der Waals surface area contributed by atoms with E-state index in [1.807, 2.05) is 6.07 Å². The number of hydrogen-bond donors (Lipinski definition) is 4. The summed E-state index contributed by atoms with van der Waals surface area (Å²) in [6, 6.07) is 11.1.